The van der Waals surface area contributed by atoms with Crippen LogP contribution >= 0.6 is 0 Å². The Hall–Kier alpha value is -1.08. The van der Waals surface area contributed by atoms with Crippen LogP contribution < -0.4 is 5.73 Å². The molecule has 0 spiro atoms. The minimum atomic E-state index is -3.87. The molecule has 0 bridgehead atoms. The standard InChI is InChI=1S/C7H13N3O3S/c1-10-7(8)6(5-9-10)3-2-4-14(11,12)13/h5H,2-4,8H2,1H3,(H,11,12,13). The van der Waals surface area contributed by atoms with Gasteiger partial charge in [0.1, 0.15) is 5.82 Å². The van der Waals surface area contributed by atoms with Gasteiger partial charge in [-0.3, -0.25) is 9.23 Å². The zero-order valence-corrected chi connectivity index (χ0v) is 8.66. The Morgan fingerprint density at radius 3 is 2.71 bits per heavy atom. The highest BCUT2D eigenvalue weighted by Crippen LogP contribution is 2.11. The van der Waals surface area contributed by atoms with Gasteiger partial charge in [0, 0.05) is 12.6 Å². The lowest BCUT2D eigenvalue weighted by molar-refractivity contribution is 0.481. The maximum atomic E-state index is 10.4. The van der Waals surface area contributed by atoms with Gasteiger partial charge in [-0.25, -0.2) is 0 Å². The van der Waals surface area contributed by atoms with Crippen molar-refractivity contribution in [2.75, 3.05) is 11.5 Å². The topological polar surface area (TPSA) is 98.2 Å². The number of aromatic nitrogens is 2. The van der Waals surface area contributed by atoms with Gasteiger partial charge in [-0.2, -0.15) is 13.5 Å². The van der Waals surface area contributed by atoms with Crippen LogP contribution in [0.1, 0.15) is 12.0 Å². The molecule has 0 fully saturated rings. The molecule has 7 heteroatoms. The molecule has 0 saturated heterocycles. The molecular weight excluding hydrogens is 206 g/mol. The Bertz CT molecular complexity index is 410. The second-order valence-electron chi connectivity index (χ2n) is 3.07. The molecule has 0 atom stereocenters. The van der Waals surface area contributed by atoms with Crippen molar-refractivity contribution < 1.29 is 13.0 Å². The van der Waals surface area contributed by atoms with Crippen molar-refractivity contribution in [2.45, 2.75) is 12.8 Å². The fourth-order valence-electron chi connectivity index (χ4n) is 1.13. The maximum Gasteiger partial charge on any atom is 0.264 e. The molecule has 1 rings (SSSR count). The normalized spacial score (nSPS) is 11.9. The fraction of sp³-hybridized carbons (Fsp3) is 0.571. The molecule has 1 aromatic rings. The maximum absolute atomic E-state index is 10.4. The highest BCUT2D eigenvalue weighted by molar-refractivity contribution is 7.85. The molecule has 0 saturated carbocycles. The Labute approximate surface area is 82.5 Å². The number of hydrogen-bond donors (Lipinski definition) is 2. The van der Waals surface area contributed by atoms with Crippen LogP contribution in [-0.4, -0.2) is 28.5 Å². The van der Waals surface area contributed by atoms with Crippen LogP contribution in [0.5, 0.6) is 0 Å². The summed E-state index contributed by atoms with van der Waals surface area (Å²) in [6.07, 6.45) is 2.44. The van der Waals surface area contributed by atoms with Crippen molar-refractivity contribution in [3.63, 3.8) is 0 Å². The molecule has 80 valence electrons. The van der Waals surface area contributed by atoms with Gasteiger partial charge >= 0.3 is 0 Å². The van der Waals surface area contributed by atoms with E-state index in [4.69, 9.17) is 10.3 Å². The highest BCUT2D eigenvalue weighted by Gasteiger charge is 2.07. The molecule has 1 heterocycles. The number of nitrogens with zero attached hydrogens (tertiary/aromatic N) is 2. The Kier molecular flexibility index (Phi) is 3.12. The van der Waals surface area contributed by atoms with E-state index in [1.807, 2.05) is 0 Å². The summed E-state index contributed by atoms with van der Waals surface area (Å²) in [4.78, 5) is 0. The van der Waals surface area contributed by atoms with Crippen molar-refractivity contribution in [3.8, 4) is 0 Å². The lowest BCUT2D eigenvalue weighted by Crippen LogP contribution is -2.05. The summed E-state index contributed by atoms with van der Waals surface area (Å²) in [5, 5.41) is 3.91. The number of aryl methyl sites for hydroxylation is 2. The number of rotatable bonds is 4. The van der Waals surface area contributed by atoms with Gasteiger partial charge in [-0.1, -0.05) is 0 Å². The number of anilines is 1. The largest absolute Gasteiger partial charge is 0.384 e. The molecule has 0 radical (unpaired) electrons. The van der Waals surface area contributed by atoms with Gasteiger partial charge in [-0.15, -0.1) is 0 Å². The Balaban J connectivity index is 2.51. The van der Waals surface area contributed by atoms with Crippen LogP contribution in [0, 0.1) is 0 Å². The highest BCUT2D eigenvalue weighted by atomic mass is 32.2. The molecule has 0 aliphatic heterocycles. The monoisotopic (exact) mass is 219 g/mol. The van der Waals surface area contributed by atoms with Gasteiger partial charge < -0.3 is 5.73 Å². The average Bonchev–Trinajstić information content (AvgIpc) is 2.33. The third kappa shape index (κ3) is 3.00. The number of nitrogen functional groups attached to an aromatic ring is 1. The van der Waals surface area contributed by atoms with E-state index in [0.29, 0.717) is 18.7 Å². The van der Waals surface area contributed by atoms with Crippen molar-refractivity contribution in [1.29, 1.82) is 0 Å². The first-order chi connectivity index (χ1) is 6.40. The third-order valence-electron chi connectivity index (χ3n) is 1.91. The number of hydrogen-bond acceptors (Lipinski definition) is 4. The summed E-state index contributed by atoms with van der Waals surface area (Å²) in [6.45, 7) is 0. The second-order valence-corrected chi connectivity index (χ2v) is 4.64. The smallest absolute Gasteiger partial charge is 0.264 e. The van der Waals surface area contributed by atoms with Crippen molar-refractivity contribution in [1.82, 2.24) is 9.78 Å². The molecule has 0 unspecified atom stereocenters. The van der Waals surface area contributed by atoms with E-state index in [9.17, 15) is 8.42 Å². The zero-order valence-electron chi connectivity index (χ0n) is 7.84. The summed E-state index contributed by atoms with van der Waals surface area (Å²) in [7, 11) is -2.16. The Morgan fingerprint density at radius 2 is 2.29 bits per heavy atom. The summed E-state index contributed by atoms with van der Waals surface area (Å²) >= 11 is 0. The van der Waals surface area contributed by atoms with E-state index in [-0.39, 0.29) is 5.75 Å². The van der Waals surface area contributed by atoms with E-state index in [1.165, 1.54) is 4.68 Å². The summed E-state index contributed by atoms with van der Waals surface area (Å²) < 4.78 is 30.8. The second kappa shape index (κ2) is 3.97. The first-order valence-corrected chi connectivity index (χ1v) is 5.72. The van der Waals surface area contributed by atoms with Crippen LogP contribution in [0.25, 0.3) is 0 Å². The Morgan fingerprint density at radius 1 is 1.64 bits per heavy atom. The first-order valence-electron chi connectivity index (χ1n) is 4.11. The first kappa shape index (κ1) is 11.0. The SMILES string of the molecule is Cn1ncc(CCCS(=O)(=O)O)c1N. The predicted octanol–water partition coefficient (Wildman–Crippen LogP) is -0.177. The van der Waals surface area contributed by atoms with Gasteiger partial charge in [0.2, 0.25) is 0 Å². The van der Waals surface area contributed by atoms with Crippen LogP contribution in [0.2, 0.25) is 0 Å². The van der Waals surface area contributed by atoms with Crippen molar-refractivity contribution in [2.24, 2.45) is 7.05 Å². The lowest BCUT2D eigenvalue weighted by Gasteiger charge is -1.99. The third-order valence-corrected chi connectivity index (χ3v) is 2.72. The van der Waals surface area contributed by atoms with E-state index in [2.05, 4.69) is 5.10 Å². The van der Waals surface area contributed by atoms with Gasteiger partial charge in [0.15, 0.2) is 0 Å². The molecule has 0 aliphatic carbocycles. The lowest BCUT2D eigenvalue weighted by atomic mass is 10.2. The molecule has 0 aliphatic rings. The van der Waals surface area contributed by atoms with Crippen LogP contribution in [0.3, 0.4) is 0 Å². The van der Waals surface area contributed by atoms with Gasteiger partial charge in [0.05, 0.1) is 11.9 Å². The fourth-order valence-corrected chi connectivity index (χ4v) is 1.64. The van der Waals surface area contributed by atoms with E-state index >= 15 is 0 Å². The van der Waals surface area contributed by atoms with Crippen LogP contribution in [0.15, 0.2) is 6.20 Å². The predicted molar refractivity (Wildman–Crippen MR) is 52.4 cm³/mol. The van der Waals surface area contributed by atoms with Gasteiger partial charge in [-0.05, 0) is 12.8 Å². The number of nitrogens with two attached hydrogens (primary N) is 1. The van der Waals surface area contributed by atoms with E-state index in [1.54, 1.807) is 13.2 Å². The van der Waals surface area contributed by atoms with E-state index < -0.39 is 10.1 Å². The summed E-state index contributed by atoms with van der Waals surface area (Å²) in [5.74, 6) is 0.279. The van der Waals surface area contributed by atoms with Crippen LogP contribution in [0.4, 0.5) is 5.82 Å². The minimum Gasteiger partial charge on any atom is -0.384 e. The molecule has 0 aromatic carbocycles. The van der Waals surface area contributed by atoms with Crippen molar-refractivity contribution in [3.05, 3.63) is 11.8 Å². The molecule has 0 amide bonds. The minimum absolute atomic E-state index is 0.249. The molecule has 14 heavy (non-hydrogen) atoms. The summed E-state index contributed by atoms with van der Waals surface area (Å²) in [6, 6.07) is 0. The molecule has 6 nitrogen and oxygen atoms in total. The molecule has 1 aromatic heterocycles. The quantitative estimate of drug-likeness (QED) is 0.685. The molecular formula is C7H13N3O3S. The van der Waals surface area contributed by atoms with Crippen LogP contribution in [-0.2, 0) is 23.6 Å². The summed E-state index contributed by atoms with van der Waals surface area (Å²) in [5.41, 5.74) is 6.44. The average molecular weight is 219 g/mol. The van der Waals surface area contributed by atoms with Crippen molar-refractivity contribution >= 4 is 15.9 Å². The van der Waals surface area contributed by atoms with E-state index in [0.717, 1.165) is 5.56 Å². The van der Waals surface area contributed by atoms with Gasteiger partial charge in [0.25, 0.3) is 10.1 Å². The molecule has 3 N–H and O–H groups in total. The zero-order chi connectivity index (χ0) is 10.8.